The number of nitrogens with one attached hydrogen (secondary N) is 1. The lowest BCUT2D eigenvalue weighted by atomic mass is 10.1. The van der Waals surface area contributed by atoms with Crippen LogP contribution in [0.1, 0.15) is 20.7 Å². The van der Waals surface area contributed by atoms with Gasteiger partial charge in [0.05, 0.1) is 0 Å². The van der Waals surface area contributed by atoms with E-state index in [2.05, 4.69) is 15.3 Å². The van der Waals surface area contributed by atoms with Gasteiger partial charge in [-0.2, -0.15) is 0 Å². The summed E-state index contributed by atoms with van der Waals surface area (Å²) in [6.45, 7) is 2.42. The Kier molecular flexibility index (Phi) is 5.65. The largest absolute Gasteiger partial charge is 0.337 e. The summed E-state index contributed by atoms with van der Waals surface area (Å²) >= 11 is 0. The van der Waals surface area contributed by atoms with Crippen molar-refractivity contribution in [3.05, 3.63) is 83.9 Å². The predicted octanol–water partition coefficient (Wildman–Crippen LogP) is 2.83. The molecule has 0 radical (unpaired) electrons. The Labute approximate surface area is 173 Å². The quantitative estimate of drug-likeness (QED) is 0.722. The highest BCUT2D eigenvalue weighted by Gasteiger charge is 2.23. The Morgan fingerprint density at radius 2 is 1.57 bits per heavy atom. The van der Waals surface area contributed by atoms with Crippen LogP contribution in [0.2, 0.25) is 0 Å². The van der Waals surface area contributed by atoms with E-state index in [4.69, 9.17) is 0 Å². The molecule has 4 rings (SSSR count). The number of rotatable bonds is 4. The molecule has 1 N–H and O–H groups in total. The summed E-state index contributed by atoms with van der Waals surface area (Å²) in [6.07, 6.45) is 3.40. The fourth-order valence-corrected chi connectivity index (χ4v) is 3.28. The van der Waals surface area contributed by atoms with E-state index < -0.39 is 5.82 Å². The minimum atomic E-state index is -0.405. The first-order valence-electron chi connectivity index (χ1n) is 9.58. The lowest BCUT2D eigenvalue weighted by Crippen LogP contribution is -2.49. The average Bonchev–Trinajstić information content (AvgIpc) is 2.80. The minimum Gasteiger partial charge on any atom is -0.337 e. The summed E-state index contributed by atoms with van der Waals surface area (Å²) in [7, 11) is 0. The zero-order valence-corrected chi connectivity index (χ0v) is 16.2. The smallest absolute Gasteiger partial charge is 0.255 e. The molecule has 7 nitrogen and oxygen atoms in total. The van der Waals surface area contributed by atoms with Crippen LogP contribution in [0, 0.1) is 5.82 Å². The van der Waals surface area contributed by atoms with E-state index in [1.54, 1.807) is 47.6 Å². The normalized spacial score (nSPS) is 13.8. The number of hydrogen-bond acceptors (Lipinski definition) is 5. The first-order chi connectivity index (χ1) is 14.6. The van der Waals surface area contributed by atoms with E-state index in [9.17, 15) is 14.0 Å². The van der Waals surface area contributed by atoms with Crippen LogP contribution in [-0.4, -0.2) is 52.9 Å². The van der Waals surface area contributed by atoms with E-state index in [-0.39, 0.29) is 11.8 Å². The van der Waals surface area contributed by atoms with Gasteiger partial charge in [0.15, 0.2) is 0 Å². The topological polar surface area (TPSA) is 78.4 Å². The summed E-state index contributed by atoms with van der Waals surface area (Å²) < 4.78 is 13.0. The first kappa shape index (κ1) is 19.5. The monoisotopic (exact) mass is 405 g/mol. The van der Waals surface area contributed by atoms with Crippen LogP contribution in [0.4, 0.5) is 16.0 Å². The van der Waals surface area contributed by atoms with Gasteiger partial charge in [0.1, 0.15) is 5.82 Å². The lowest BCUT2D eigenvalue weighted by Gasteiger charge is -2.34. The number of benzene rings is 2. The molecule has 0 atom stereocenters. The maximum absolute atomic E-state index is 13.0. The van der Waals surface area contributed by atoms with Crippen molar-refractivity contribution in [1.82, 2.24) is 14.9 Å². The predicted molar refractivity (Wildman–Crippen MR) is 111 cm³/mol. The van der Waals surface area contributed by atoms with Gasteiger partial charge in [0, 0.05) is 55.4 Å². The van der Waals surface area contributed by atoms with E-state index in [0.717, 1.165) is 0 Å². The first-order valence-corrected chi connectivity index (χ1v) is 9.58. The van der Waals surface area contributed by atoms with Gasteiger partial charge in [-0.3, -0.25) is 9.59 Å². The second kappa shape index (κ2) is 8.69. The molecule has 2 aromatic carbocycles. The molecule has 152 valence electrons. The highest BCUT2D eigenvalue weighted by molar-refractivity contribution is 6.05. The van der Waals surface area contributed by atoms with Gasteiger partial charge in [-0.25, -0.2) is 14.4 Å². The molecule has 2 amide bonds. The second-order valence-electron chi connectivity index (χ2n) is 6.87. The number of nitrogens with zero attached hydrogens (tertiary/aromatic N) is 4. The van der Waals surface area contributed by atoms with Crippen molar-refractivity contribution >= 4 is 23.5 Å². The van der Waals surface area contributed by atoms with Crippen molar-refractivity contribution in [2.45, 2.75) is 0 Å². The van der Waals surface area contributed by atoms with Crippen molar-refractivity contribution < 1.29 is 14.0 Å². The van der Waals surface area contributed by atoms with Crippen molar-refractivity contribution in [3.63, 3.8) is 0 Å². The van der Waals surface area contributed by atoms with Gasteiger partial charge in [0.2, 0.25) is 5.95 Å². The molecule has 0 saturated carbocycles. The molecule has 0 unspecified atom stereocenters. The fraction of sp³-hybridized carbons (Fsp3) is 0.182. The van der Waals surface area contributed by atoms with Crippen LogP contribution < -0.4 is 10.2 Å². The molecule has 1 aliphatic rings. The highest BCUT2D eigenvalue weighted by atomic mass is 19.1. The Balaban J connectivity index is 1.39. The molecule has 0 bridgehead atoms. The standard InChI is InChI=1S/C22H20FN5O2/c23-18-7-5-16(6-8-18)20(29)26-19-4-1-3-17(15-19)21(30)27-11-13-28(14-12-27)22-24-9-2-10-25-22/h1-10,15H,11-14H2,(H,26,29). The van der Waals surface area contributed by atoms with Crippen LogP contribution in [0.5, 0.6) is 0 Å². The molecule has 1 fully saturated rings. The molecule has 1 aliphatic heterocycles. The Bertz CT molecular complexity index is 1030. The molecule has 30 heavy (non-hydrogen) atoms. The van der Waals surface area contributed by atoms with Gasteiger partial charge < -0.3 is 15.1 Å². The lowest BCUT2D eigenvalue weighted by molar-refractivity contribution is 0.0746. The van der Waals surface area contributed by atoms with E-state index >= 15 is 0 Å². The van der Waals surface area contributed by atoms with Gasteiger partial charge in [-0.15, -0.1) is 0 Å². The van der Waals surface area contributed by atoms with E-state index in [1.165, 1.54) is 24.3 Å². The summed E-state index contributed by atoms with van der Waals surface area (Å²) in [4.78, 5) is 37.6. The van der Waals surface area contributed by atoms with Crippen LogP contribution in [-0.2, 0) is 0 Å². The number of carbonyl (C=O) groups is 2. The molecule has 0 spiro atoms. The summed E-state index contributed by atoms with van der Waals surface area (Å²) in [5.41, 5.74) is 1.34. The zero-order chi connectivity index (χ0) is 20.9. The Morgan fingerprint density at radius 1 is 0.867 bits per heavy atom. The number of aromatic nitrogens is 2. The summed E-state index contributed by atoms with van der Waals surface area (Å²) in [6, 6.07) is 13.9. The van der Waals surface area contributed by atoms with Gasteiger partial charge in [0.25, 0.3) is 11.8 Å². The molecule has 1 aromatic heterocycles. The molecule has 1 saturated heterocycles. The van der Waals surface area contributed by atoms with Crippen LogP contribution in [0.25, 0.3) is 0 Å². The van der Waals surface area contributed by atoms with Crippen molar-refractivity contribution in [3.8, 4) is 0 Å². The SMILES string of the molecule is O=C(Nc1cccc(C(=O)N2CCN(c3ncccn3)CC2)c1)c1ccc(F)cc1. The Morgan fingerprint density at radius 3 is 2.27 bits per heavy atom. The number of anilines is 2. The van der Waals surface area contributed by atoms with Gasteiger partial charge >= 0.3 is 0 Å². The second-order valence-corrected chi connectivity index (χ2v) is 6.87. The number of piperazine rings is 1. The fourth-order valence-electron chi connectivity index (χ4n) is 3.28. The minimum absolute atomic E-state index is 0.0958. The van der Waals surface area contributed by atoms with E-state index in [1.807, 2.05) is 4.90 Å². The van der Waals surface area contributed by atoms with Crippen molar-refractivity contribution in [2.75, 3.05) is 36.4 Å². The number of halogens is 1. The van der Waals surface area contributed by atoms with Crippen molar-refractivity contribution in [2.24, 2.45) is 0 Å². The van der Waals surface area contributed by atoms with Crippen LogP contribution in [0.3, 0.4) is 0 Å². The molecule has 3 aromatic rings. The zero-order valence-electron chi connectivity index (χ0n) is 16.2. The molecule has 2 heterocycles. The van der Waals surface area contributed by atoms with Crippen LogP contribution in [0.15, 0.2) is 67.0 Å². The number of carbonyl (C=O) groups excluding carboxylic acids is 2. The third-order valence-corrected chi connectivity index (χ3v) is 4.88. The maximum Gasteiger partial charge on any atom is 0.255 e. The molecular weight excluding hydrogens is 385 g/mol. The van der Waals surface area contributed by atoms with Gasteiger partial charge in [-0.1, -0.05) is 6.07 Å². The Hall–Kier alpha value is -3.81. The highest BCUT2D eigenvalue weighted by Crippen LogP contribution is 2.17. The van der Waals surface area contributed by atoms with Crippen molar-refractivity contribution in [1.29, 1.82) is 0 Å². The number of amides is 2. The average molecular weight is 405 g/mol. The molecule has 8 heteroatoms. The maximum atomic E-state index is 13.0. The van der Waals surface area contributed by atoms with Crippen LogP contribution >= 0.6 is 0 Å². The molecular formula is C22H20FN5O2. The number of hydrogen-bond donors (Lipinski definition) is 1. The summed E-state index contributed by atoms with van der Waals surface area (Å²) in [5.74, 6) is -0.203. The third-order valence-electron chi connectivity index (χ3n) is 4.88. The van der Waals surface area contributed by atoms with Gasteiger partial charge in [-0.05, 0) is 48.5 Å². The van der Waals surface area contributed by atoms with E-state index in [0.29, 0.717) is 48.9 Å². The third kappa shape index (κ3) is 4.43. The molecule has 0 aliphatic carbocycles. The summed E-state index contributed by atoms with van der Waals surface area (Å²) in [5, 5.41) is 2.75.